The molecule has 0 saturated heterocycles. The summed E-state index contributed by atoms with van der Waals surface area (Å²) < 4.78 is 5.96. The second kappa shape index (κ2) is 10.0. The van der Waals surface area contributed by atoms with Crippen molar-refractivity contribution in [2.45, 2.75) is 57.5 Å². The molecule has 1 aliphatic rings. The van der Waals surface area contributed by atoms with E-state index in [0.717, 1.165) is 17.7 Å². The van der Waals surface area contributed by atoms with Crippen molar-refractivity contribution in [3.63, 3.8) is 0 Å². The van der Waals surface area contributed by atoms with Crippen LogP contribution in [0.4, 0.5) is 0 Å². The standard InChI is InChI=1S/C23H29NO/c1-4-5-16-25-23-14-12-22(13-15-23)21-10-8-20(9-11-21)19(3)7-6-18(2)17-24/h6-11,22-23H,2-5,12-16H2,1H3/b7-6-. The van der Waals surface area contributed by atoms with E-state index < -0.39 is 0 Å². The second-order valence-corrected chi connectivity index (χ2v) is 6.82. The van der Waals surface area contributed by atoms with Gasteiger partial charge in [-0.2, -0.15) is 5.26 Å². The minimum absolute atomic E-state index is 0.440. The molecule has 1 aromatic rings. The monoisotopic (exact) mass is 335 g/mol. The van der Waals surface area contributed by atoms with Crippen molar-refractivity contribution in [1.82, 2.24) is 0 Å². The molecular formula is C23H29NO. The van der Waals surface area contributed by atoms with Crippen LogP contribution in [0.5, 0.6) is 0 Å². The average molecular weight is 335 g/mol. The summed E-state index contributed by atoms with van der Waals surface area (Å²) in [5, 5.41) is 8.74. The van der Waals surface area contributed by atoms with E-state index in [-0.39, 0.29) is 0 Å². The number of rotatable bonds is 8. The Morgan fingerprint density at radius 2 is 1.84 bits per heavy atom. The van der Waals surface area contributed by atoms with Gasteiger partial charge in [0.15, 0.2) is 0 Å². The smallest absolute Gasteiger partial charge is 0.0985 e. The number of nitrogens with zero attached hydrogens (tertiary/aromatic N) is 1. The summed E-state index contributed by atoms with van der Waals surface area (Å²) in [6.07, 6.45) is 11.1. The molecular weight excluding hydrogens is 306 g/mol. The van der Waals surface area contributed by atoms with Gasteiger partial charge in [0.1, 0.15) is 0 Å². The van der Waals surface area contributed by atoms with Crippen LogP contribution in [0.25, 0.3) is 5.57 Å². The molecule has 2 nitrogen and oxygen atoms in total. The Morgan fingerprint density at radius 3 is 2.44 bits per heavy atom. The molecule has 2 heteroatoms. The number of unbranched alkanes of at least 4 members (excludes halogenated alkanes) is 1. The molecule has 2 rings (SSSR count). The van der Waals surface area contributed by atoms with Gasteiger partial charge in [0.05, 0.1) is 12.2 Å². The Balaban J connectivity index is 1.86. The topological polar surface area (TPSA) is 33.0 Å². The number of hydrogen-bond acceptors (Lipinski definition) is 2. The number of ether oxygens (including phenoxy) is 1. The molecule has 1 saturated carbocycles. The molecule has 1 aromatic carbocycles. The van der Waals surface area contributed by atoms with Gasteiger partial charge in [-0.3, -0.25) is 0 Å². The first-order valence-corrected chi connectivity index (χ1v) is 9.32. The van der Waals surface area contributed by atoms with Gasteiger partial charge >= 0.3 is 0 Å². The van der Waals surface area contributed by atoms with Crippen LogP contribution in [0.3, 0.4) is 0 Å². The zero-order valence-electron chi connectivity index (χ0n) is 15.3. The van der Waals surface area contributed by atoms with Crippen LogP contribution in [-0.2, 0) is 4.74 Å². The highest BCUT2D eigenvalue weighted by atomic mass is 16.5. The van der Waals surface area contributed by atoms with Crippen molar-refractivity contribution in [3.05, 3.63) is 66.3 Å². The lowest BCUT2D eigenvalue weighted by molar-refractivity contribution is 0.0232. The minimum Gasteiger partial charge on any atom is -0.378 e. The molecule has 0 bridgehead atoms. The van der Waals surface area contributed by atoms with Crippen LogP contribution in [0, 0.1) is 11.3 Å². The van der Waals surface area contributed by atoms with E-state index in [2.05, 4.69) is 44.3 Å². The Morgan fingerprint density at radius 1 is 1.16 bits per heavy atom. The maximum Gasteiger partial charge on any atom is 0.0985 e. The molecule has 0 amide bonds. The first-order chi connectivity index (χ1) is 12.1. The SMILES string of the molecule is C=C(C#N)/C=C\C(=C)c1ccc(C2CCC(OCCCC)CC2)cc1. The lowest BCUT2D eigenvalue weighted by Gasteiger charge is -2.29. The summed E-state index contributed by atoms with van der Waals surface area (Å²) in [6, 6.07) is 10.7. The highest BCUT2D eigenvalue weighted by Crippen LogP contribution is 2.34. The number of allylic oxidation sites excluding steroid dienone is 4. The molecule has 0 atom stereocenters. The second-order valence-electron chi connectivity index (χ2n) is 6.82. The molecule has 25 heavy (non-hydrogen) atoms. The maximum absolute atomic E-state index is 8.74. The fraction of sp³-hybridized carbons (Fsp3) is 0.435. The average Bonchev–Trinajstić information content (AvgIpc) is 2.66. The van der Waals surface area contributed by atoms with Crippen molar-refractivity contribution >= 4 is 5.57 Å². The van der Waals surface area contributed by atoms with Gasteiger partial charge in [-0.15, -0.1) is 0 Å². The highest BCUT2D eigenvalue weighted by Gasteiger charge is 2.22. The lowest BCUT2D eigenvalue weighted by atomic mass is 9.82. The Bertz CT molecular complexity index is 640. The molecule has 0 spiro atoms. The summed E-state index contributed by atoms with van der Waals surface area (Å²) in [5.41, 5.74) is 3.84. The quantitative estimate of drug-likeness (QED) is 0.323. The van der Waals surface area contributed by atoms with Crippen LogP contribution < -0.4 is 0 Å². The third-order valence-electron chi connectivity index (χ3n) is 4.91. The van der Waals surface area contributed by atoms with Crippen molar-refractivity contribution in [1.29, 1.82) is 5.26 Å². The molecule has 1 fully saturated rings. The van der Waals surface area contributed by atoms with Crippen LogP contribution in [0.15, 0.2) is 55.1 Å². The van der Waals surface area contributed by atoms with Gasteiger partial charge in [0, 0.05) is 12.2 Å². The summed E-state index contributed by atoms with van der Waals surface area (Å²) in [6.45, 7) is 10.8. The van der Waals surface area contributed by atoms with Crippen molar-refractivity contribution in [2.24, 2.45) is 0 Å². The van der Waals surface area contributed by atoms with Crippen LogP contribution in [-0.4, -0.2) is 12.7 Å². The highest BCUT2D eigenvalue weighted by molar-refractivity contribution is 5.72. The van der Waals surface area contributed by atoms with E-state index in [1.165, 1.54) is 44.1 Å². The van der Waals surface area contributed by atoms with Gasteiger partial charge < -0.3 is 4.74 Å². The Kier molecular flexibility index (Phi) is 7.70. The van der Waals surface area contributed by atoms with E-state index in [4.69, 9.17) is 10.00 Å². The van der Waals surface area contributed by atoms with Gasteiger partial charge in [0.25, 0.3) is 0 Å². The lowest BCUT2D eigenvalue weighted by Crippen LogP contribution is -2.21. The van der Waals surface area contributed by atoms with Crippen LogP contribution in [0.1, 0.15) is 62.5 Å². The molecule has 0 N–H and O–H groups in total. The van der Waals surface area contributed by atoms with Crippen LogP contribution >= 0.6 is 0 Å². The molecule has 0 unspecified atom stereocenters. The zero-order chi connectivity index (χ0) is 18.1. The fourth-order valence-electron chi connectivity index (χ4n) is 3.26. The normalized spacial score (nSPS) is 20.3. The van der Waals surface area contributed by atoms with Crippen molar-refractivity contribution < 1.29 is 4.74 Å². The molecule has 0 aliphatic heterocycles. The maximum atomic E-state index is 8.74. The first kappa shape index (κ1) is 19.2. The van der Waals surface area contributed by atoms with Gasteiger partial charge in [-0.1, -0.05) is 56.8 Å². The largest absolute Gasteiger partial charge is 0.378 e. The number of benzene rings is 1. The predicted octanol–water partition coefficient (Wildman–Crippen LogP) is 6.18. The third-order valence-corrected chi connectivity index (χ3v) is 4.91. The molecule has 0 heterocycles. The molecule has 0 radical (unpaired) electrons. The minimum atomic E-state index is 0.440. The molecule has 0 aromatic heterocycles. The number of hydrogen-bond donors (Lipinski definition) is 0. The first-order valence-electron chi connectivity index (χ1n) is 9.32. The van der Waals surface area contributed by atoms with E-state index >= 15 is 0 Å². The van der Waals surface area contributed by atoms with E-state index in [0.29, 0.717) is 17.6 Å². The molecule has 132 valence electrons. The van der Waals surface area contributed by atoms with Crippen LogP contribution in [0.2, 0.25) is 0 Å². The summed E-state index contributed by atoms with van der Waals surface area (Å²) >= 11 is 0. The fourth-order valence-corrected chi connectivity index (χ4v) is 3.26. The van der Waals surface area contributed by atoms with Gasteiger partial charge in [-0.25, -0.2) is 0 Å². The zero-order valence-corrected chi connectivity index (χ0v) is 15.3. The third kappa shape index (κ3) is 6.03. The van der Waals surface area contributed by atoms with E-state index in [1.54, 1.807) is 6.08 Å². The van der Waals surface area contributed by atoms with Crippen molar-refractivity contribution in [3.8, 4) is 6.07 Å². The summed E-state index contributed by atoms with van der Waals surface area (Å²) in [4.78, 5) is 0. The van der Waals surface area contributed by atoms with Crippen molar-refractivity contribution in [2.75, 3.05) is 6.61 Å². The Hall–Kier alpha value is -2.11. The van der Waals surface area contributed by atoms with Gasteiger partial charge in [-0.05, 0) is 60.8 Å². The summed E-state index contributed by atoms with van der Waals surface area (Å²) in [7, 11) is 0. The number of nitriles is 1. The van der Waals surface area contributed by atoms with E-state index in [9.17, 15) is 0 Å². The summed E-state index contributed by atoms with van der Waals surface area (Å²) in [5.74, 6) is 0.641. The Labute approximate surface area is 152 Å². The van der Waals surface area contributed by atoms with Gasteiger partial charge in [0.2, 0.25) is 0 Å². The van der Waals surface area contributed by atoms with E-state index in [1.807, 2.05) is 12.1 Å². The predicted molar refractivity (Wildman–Crippen MR) is 105 cm³/mol. The molecule has 1 aliphatic carbocycles.